The molecule has 0 bridgehead atoms. The molecule has 1 aliphatic heterocycles. The van der Waals surface area contributed by atoms with E-state index in [1.807, 2.05) is 24.3 Å². The average Bonchev–Trinajstić information content (AvgIpc) is 2.74. The monoisotopic (exact) mass is 436 g/mol. The zero-order valence-electron chi connectivity index (χ0n) is 16.0. The van der Waals surface area contributed by atoms with Crippen LogP contribution in [0, 0.1) is 0 Å². The van der Waals surface area contributed by atoms with Gasteiger partial charge in [0.15, 0.2) is 0 Å². The summed E-state index contributed by atoms with van der Waals surface area (Å²) in [7, 11) is -7.42. The predicted octanol–water partition coefficient (Wildman–Crippen LogP) is 2.06. The normalized spacial score (nSPS) is 20.9. The van der Waals surface area contributed by atoms with Crippen LogP contribution >= 0.6 is 0 Å². The van der Waals surface area contributed by atoms with Gasteiger partial charge in [0.2, 0.25) is 20.0 Å². The fourth-order valence-electron chi connectivity index (χ4n) is 3.86. The highest BCUT2D eigenvalue weighted by atomic mass is 32.2. The predicted molar refractivity (Wildman–Crippen MR) is 108 cm³/mol. The number of ether oxygens (including phenoxy) is 1. The van der Waals surface area contributed by atoms with Crippen LogP contribution in [0.15, 0.2) is 58.3 Å². The maximum absolute atomic E-state index is 12.9. The first-order chi connectivity index (χ1) is 13.9. The van der Waals surface area contributed by atoms with Crippen LogP contribution < -0.4 is 4.72 Å². The van der Waals surface area contributed by atoms with E-state index in [9.17, 15) is 16.8 Å². The molecule has 1 heterocycles. The fourth-order valence-corrected chi connectivity index (χ4v) is 6.52. The highest BCUT2D eigenvalue weighted by molar-refractivity contribution is 7.89. The van der Waals surface area contributed by atoms with Gasteiger partial charge in [0.05, 0.1) is 23.0 Å². The molecule has 0 unspecified atom stereocenters. The van der Waals surface area contributed by atoms with Crippen LogP contribution in [-0.2, 0) is 31.2 Å². The SMILES string of the molecule is O=S(=O)(N[C@H]1CCCc2ccccc21)c1ccc(S(=O)(=O)N2CCOCC2)cc1. The molecule has 156 valence electrons. The number of benzene rings is 2. The third kappa shape index (κ3) is 4.24. The summed E-state index contributed by atoms with van der Waals surface area (Å²) < 4.78 is 60.5. The Morgan fingerprint density at radius 2 is 1.55 bits per heavy atom. The highest BCUT2D eigenvalue weighted by Gasteiger charge is 2.28. The number of nitrogens with one attached hydrogen (secondary N) is 1. The number of fused-ring (bicyclic) bond motifs is 1. The van der Waals surface area contributed by atoms with Gasteiger partial charge in [0.1, 0.15) is 0 Å². The number of hydrogen-bond acceptors (Lipinski definition) is 5. The summed E-state index contributed by atoms with van der Waals surface area (Å²) in [4.78, 5) is 0.142. The van der Waals surface area contributed by atoms with Gasteiger partial charge < -0.3 is 4.74 Å². The number of sulfonamides is 2. The molecular weight excluding hydrogens is 412 g/mol. The summed E-state index contributed by atoms with van der Waals surface area (Å²) in [5.74, 6) is 0. The summed E-state index contributed by atoms with van der Waals surface area (Å²) in [5, 5.41) is 0. The number of morpholine rings is 1. The molecular formula is C20H24N2O5S2. The highest BCUT2D eigenvalue weighted by Crippen LogP contribution is 2.31. The van der Waals surface area contributed by atoms with E-state index in [4.69, 9.17) is 4.74 Å². The number of nitrogens with zero attached hydrogens (tertiary/aromatic N) is 1. The number of rotatable bonds is 5. The molecule has 1 fully saturated rings. The molecule has 0 aromatic heterocycles. The van der Waals surface area contributed by atoms with Crippen molar-refractivity contribution in [1.29, 1.82) is 0 Å². The average molecular weight is 437 g/mol. The van der Waals surface area contributed by atoms with Crippen LogP contribution in [0.1, 0.15) is 30.0 Å². The van der Waals surface area contributed by atoms with Gasteiger partial charge in [-0.3, -0.25) is 0 Å². The Kier molecular flexibility index (Phi) is 5.76. The van der Waals surface area contributed by atoms with Crippen molar-refractivity contribution in [2.45, 2.75) is 35.1 Å². The summed E-state index contributed by atoms with van der Waals surface area (Å²) in [6.07, 6.45) is 2.60. The molecule has 2 aliphatic rings. The van der Waals surface area contributed by atoms with E-state index < -0.39 is 20.0 Å². The van der Waals surface area contributed by atoms with Crippen molar-refractivity contribution in [3.05, 3.63) is 59.7 Å². The third-order valence-corrected chi connectivity index (χ3v) is 8.81. The Balaban J connectivity index is 1.54. The Morgan fingerprint density at radius 3 is 2.28 bits per heavy atom. The summed E-state index contributed by atoms with van der Waals surface area (Å²) in [6.45, 7) is 1.31. The van der Waals surface area contributed by atoms with Gasteiger partial charge >= 0.3 is 0 Å². The van der Waals surface area contributed by atoms with E-state index in [0.29, 0.717) is 26.3 Å². The van der Waals surface area contributed by atoms with Crippen molar-refractivity contribution >= 4 is 20.0 Å². The van der Waals surface area contributed by atoms with E-state index in [1.54, 1.807) is 0 Å². The minimum Gasteiger partial charge on any atom is -0.379 e. The number of aryl methyl sites for hydroxylation is 1. The van der Waals surface area contributed by atoms with E-state index in [0.717, 1.165) is 24.8 Å². The zero-order valence-corrected chi connectivity index (χ0v) is 17.6. The summed E-state index contributed by atoms with van der Waals surface area (Å²) in [5.41, 5.74) is 2.17. The molecule has 0 amide bonds. The van der Waals surface area contributed by atoms with Crippen molar-refractivity contribution in [2.24, 2.45) is 0 Å². The van der Waals surface area contributed by atoms with E-state index in [1.165, 1.54) is 34.1 Å². The van der Waals surface area contributed by atoms with Crippen molar-refractivity contribution in [3.8, 4) is 0 Å². The third-order valence-electron chi connectivity index (χ3n) is 5.41. The molecule has 9 heteroatoms. The Labute approximate surface area is 171 Å². The van der Waals surface area contributed by atoms with E-state index in [2.05, 4.69) is 4.72 Å². The van der Waals surface area contributed by atoms with Gasteiger partial charge in [-0.25, -0.2) is 21.6 Å². The van der Waals surface area contributed by atoms with Gasteiger partial charge in [0, 0.05) is 19.1 Å². The topological polar surface area (TPSA) is 92.8 Å². The standard InChI is InChI=1S/C20H24N2O5S2/c23-28(24,21-20-7-3-5-16-4-1-2-6-19(16)20)17-8-10-18(11-9-17)29(25,26)22-12-14-27-15-13-22/h1-2,4,6,8-11,20-21H,3,5,7,12-15H2/t20-/m0/s1. The summed E-state index contributed by atoms with van der Waals surface area (Å²) >= 11 is 0. The fraction of sp³-hybridized carbons (Fsp3) is 0.400. The quantitative estimate of drug-likeness (QED) is 0.775. The number of hydrogen-bond donors (Lipinski definition) is 1. The molecule has 7 nitrogen and oxygen atoms in total. The lowest BCUT2D eigenvalue weighted by atomic mass is 9.88. The Morgan fingerprint density at radius 1 is 0.897 bits per heavy atom. The molecule has 0 saturated carbocycles. The largest absolute Gasteiger partial charge is 0.379 e. The molecule has 0 radical (unpaired) electrons. The molecule has 1 saturated heterocycles. The van der Waals surface area contributed by atoms with E-state index >= 15 is 0 Å². The van der Waals surface area contributed by atoms with Crippen molar-refractivity contribution in [2.75, 3.05) is 26.3 Å². The van der Waals surface area contributed by atoms with Crippen LogP contribution in [0.4, 0.5) is 0 Å². The molecule has 4 rings (SSSR count). The van der Waals surface area contributed by atoms with Gasteiger partial charge in [-0.15, -0.1) is 0 Å². The lowest BCUT2D eigenvalue weighted by Gasteiger charge is -2.26. The zero-order chi connectivity index (χ0) is 20.5. The molecule has 1 atom stereocenters. The Bertz CT molecular complexity index is 1080. The van der Waals surface area contributed by atoms with Crippen molar-refractivity contribution in [1.82, 2.24) is 9.03 Å². The molecule has 1 aliphatic carbocycles. The van der Waals surface area contributed by atoms with Crippen LogP contribution in [-0.4, -0.2) is 47.4 Å². The maximum Gasteiger partial charge on any atom is 0.243 e. The van der Waals surface area contributed by atoms with Crippen LogP contribution in [0.25, 0.3) is 0 Å². The second-order valence-corrected chi connectivity index (χ2v) is 10.9. The lowest BCUT2D eigenvalue weighted by molar-refractivity contribution is 0.0730. The molecule has 0 spiro atoms. The van der Waals surface area contributed by atoms with Gasteiger partial charge in [-0.2, -0.15) is 4.31 Å². The van der Waals surface area contributed by atoms with Crippen LogP contribution in [0.2, 0.25) is 0 Å². The smallest absolute Gasteiger partial charge is 0.243 e. The molecule has 2 aromatic rings. The first kappa shape index (κ1) is 20.5. The van der Waals surface area contributed by atoms with Gasteiger partial charge in [-0.1, -0.05) is 24.3 Å². The Hall–Kier alpha value is -1.78. The van der Waals surface area contributed by atoms with Gasteiger partial charge in [-0.05, 0) is 54.7 Å². The first-order valence-electron chi connectivity index (χ1n) is 9.66. The minimum atomic E-state index is -3.77. The van der Waals surface area contributed by atoms with E-state index in [-0.39, 0.29) is 15.8 Å². The second kappa shape index (κ2) is 8.16. The molecule has 2 aromatic carbocycles. The minimum absolute atomic E-state index is 0.0569. The van der Waals surface area contributed by atoms with Crippen LogP contribution in [0.3, 0.4) is 0 Å². The molecule has 29 heavy (non-hydrogen) atoms. The van der Waals surface area contributed by atoms with Crippen molar-refractivity contribution in [3.63, 3.8) is 0 Å². The van der Waals surface area contributed by atoms with Crippen LogP contribution in [0.5, 0.6) is 0 Å². The van der Waals surface area contributed by atoms with Crippen molar-refractivity contribution < 1.29 is 21.6 Å². The lowest BCUT2D eigenvalue weighted by Crippen LogP contribution is -2.40. The summed E-state index contributed by atoms with van der Waals surface area (Å²) in [6, 6.07) is 13.0. The maximum atomic E-state index is 12.9. The molecule has 1 N–H and O–H groups in total. The second-order valence-electron chi connectivity index (χ2n) is 7.25. The van der Waals surface area contributed by atoms with Gasteiger partial charge in [0.25, 0.3) is 0 Å². The first-order valence-corrected chi connectivity index (χ1v) is 12.6.